The molecule has 1 aromatic carbocycles. The van der Waals surface area contributed by atoms with E-state index in [1.807, 2.05) is 7.05 Å². The first-order valence-electron chi connectivity index (χ1n) is 6.16. The van der Waals surface area contributed by atoms with Crippen LogP contribution in [0.3, 0.4) is 0 Å². The van der Waals surface area contributed by atoms with Crippen LogP contribution in [0.4, 0.5) is 0 Å². The van der Waals surface area contributed by atoms with Crippen LogP contribution in [0.2, 0.25) is 0 Å². The molecule has 0 spiro atoms. The average Bonchev–Trinajstić information content (AvgIpc) is 2.26. The maximum absolute atomic E-state index is 12.5. The lowest BCUT2D eigenvalue weighted by atomic mass is 9.89. The maximum atomic E-state index is 12.5. The lowest BCUT2D eigenvalue weighted by Gasteiger charge is -2.36. The largest absolute Gasteiger partial charge is 0.313 e. The van der Waals surface area contributed by atoms with Gasteiger partial charge in [0.1, 0.15) is 0 Å². The summed E-state index contributed by atoms with van der Waals surface area (Å²) >= 11 is 0. The molecule has 1 N–H and O–H groups in total. The molecule has 0 fully saturated rings. The van der Waals surface area contributed by atoms with Crippen molar-refractivity contribution >= 4 is 10.8 Å². The SMILES string of the molecule is CNC1c2cc(C)cc(C)c2S(=O)C(C)C1C. The molecule has 1 aromatic rings. The van der Waals surface area contributed by atoms with Gasteiger partial charge in [0.2, 0.25) is 0 Å². The number of fused-ring (bicyclic) bond motifs is 1. The van der Waals surface area contributed by atoms with E-state index >= 15 is 0 Å². The summed E-state index contributed by atoms with van der Waals surface area (Å²) in [5, 5.41) is 3.59. The summed E-state index contributed by atoms with van der Waals surface area (Å²) < 4.78 is 12.5. The highest BCUT2D eigenvalue weighted by Gasteiger charge is 2.36. The monoisotopic (exact) mass is 251 g/mol. The fourth-order valence-corrected chi connectivity index (χ4v) is 4.56. The molecule has 0 aromatic heterocycles. The quantitative estimate of drug-likeness (QED) is 0.831. The van der Waals surface area contributed by atoms with Crippen molar-refractivity contribution in [2.75, 3.05) is 7.05 Å². The second-order valence-electron chi connectivity index (χ2n) is 5.13. The normalized spacial score (nSPS) is 32.3. The van der Waals surface area contributed by atoms with Gasteiger partial charge in [0.15, 0.2) is 0 Å². The Morgan fingerprint density at radius 1 is 1.24 bits per heavy atom. The molecule has 2 rings (SSSR count). The number of nitrogens with one attached hydrogen (secondary N) is 1. The Labute approximate surface area is 106 Å². The van der Waals surface area contributed by atoms with Crippen molar-refractivity contribution in [3.63, 3.8) is 0 Å². The van der Waals surface area contributed by atoms with E-state index in [0.29, 0.717) is 12.0 Å². The molecule has 17 heavy (non-hydrogen) atoms. The number of hydrogen-bond donors (Lipinski definition) is 1. The van der Waals surface area contributed by atoms with Gasteiger partial charge in [-0.15, -0.1) is 0 Å². The first kappa shape index (κ1) is 12.8. The molecule has 0 saturated carbocycles. The van der Waals surface area contributed by atoms with E-state index in [-0.39, 0.29) is 5.25 Å². The fourth-order valence-electron chi connectivity index (χ4n) is 2.85. The number of aryl methyl sites for hydroxylation is 2. The second-order valence-corrected chi connectivity index (χ2v) is 6.87. The smallest absolute Gasteiger partial charge is 0.0567 e. The standard InChI is InChI=1S/C14H21NOS/c1-8-6-9(2)14-12(7-8)13(15-5)10(3)11(4)17(14)16/h6-7,10-11,13,15H,1-5H3. The minimum Gasteiger partial charge on any atom is -0.313 e. The third-order valence-corrected chi connectivity index (χ3v) is 5.96. The zero-order valence-corrected chi connectivity index (χ0v) is 12.0. The lowest BCUT2D eigenvalue weighted by molar-refractivity contribution is 0.388. The molecule has 2 nitrogen and oxygen atoms in total. The third-order valence-electron chi connectivity index (χ3n) is 3.90. The zero-order chi connectivity index (χ0) is 12.7. The first-order valence-corrected chi connectivity index (χ1v) is 7.37. The molecular weight excluding hydrogens is 230 g/mol. The molecule has 3 heteroatoms. The van der Waals surface area contributed by atoms with Gasteiger partial charge in [-0.1, -0.05) is 31.5 Å². The van der Waals surface area contributed by atoms with Crippen LogP contribution in [-0.4, -0.2) is 16.5 Å². The highest BCUT2D eigenvalue weighted by atomic mass is 32.2. The second kappa shape index (κ2) is 4.54. The van der Waals surface area contributed by atoms with E-state index in [1.165, 1.54) is 11.1 Å². The predicted octanol–water partition coefficient (Wildman–Crippen LogP) is 2.71. The summed E-state index contributed by atoms with van der Waals surface area (Å²) in [6.07, 6.45) is 0. The topological polar surface area (TPSA) is 29.1 Å². The summed E-state index contributed by atoms with van der Waals surface area (Å²) in [5.74, 6) is 0.398. The van der Waals surface area contributed by atoms with Gasteiger partial charge in [0, 0.05) is 16.2 Å². The van der Waals surface area contributed by atoms with Gasteiger partial charge in [-0.3, -0.25) is 4.21 Å². The third kappa shape index (κ3) is 1.95. The number of hydrogen-bond acceptors (Lipinski definition) is 2. The fraction of sp³-hybridized carbons (Fsp3) is 0.571. The molecule has 1 heterocycles. The minimum absolute atomic E-state index is 0.210. The Morgan fingerprint density at radius 3 is 2.47 bits per heavy atom. The van der Waals surface area contributed by atoms with Crippen molar-refractivity contribution < 1.29 is 4.21 Å². The highest BCUT2D eigenvalue weighted by Crippen LogP contribution is 2.39. The molecule has 4 unspecified atom stereocenters. The van der Waals surface area contributed by atoms with Crippen LogP contribution in [0.1, 0.15) is 36.6 Å². The van der Waals surface area contributed by atoms with Gasteiger partial charge >= 0.3 is 0 Å². The van der Waals surface area contributed by atoms with Gasteiger partial charge in [0.25, 0.3) is 0 Å². The van der Waals surface area contributed by atoms with Crippen LogP contribution < -0.4 is 5.32 Å². The number of benzene rings is 1. The van der Waals surface area contributed by atoms with Crippen molar-refractivity contribution in [1.82, 2.24) is 5.32 Å². The molecule has 1 aliphatic heterocycles. The Balaban J connectivity index is 2.67. The lowest BCUT2D eigenvalue weighted by Crippen LogP contribution is -2.38. The summed E-state index contributed by atoms with van der Waals surface area (Å²) in [4.78, 5) is 1.06. The van der Waals surface area contributed by atoms with Crippen molar-refractivity contribution in [3.8, 4) is 0 Å². The molecule has 0 bridgehead atoms. The van der Waals surface area contributed by atoms with Crippen LogP contribution in [0.25, 0.3) is 0 Å². The Hall–Kier alpha value is -0.670. The van der Waals surface area contributed by atoms with Gasteiger partial charge in [-0.05, 0) is 37.9 Å². The Morgan fingerprint density at radius 2 is 1.88 bits per heavy atom. The molecule has 94 valence electrons. The summed E-state index contributed by atoms with van der Waals surface area (Å²) in [7, 11) is 1.12. The molecule has 4 atom stereocenters. The van der Waals surface area contributed by atoms with Gasteiger partial charge in [-0.25, -0.2) is 0 Å². The number of rotatable bonds is 1. The van der Waals surface area contributed by atoms with Crippen LogP contribution in [0.15, 0.2) is 17.0 Å². The van der Waals surface area contributed by atoms with E-state index in [9.17, 15) is 4.21 Å². The first-order chi connectivity index (χ1) is 7.97. The van der Waals surface area contributed by atoms with Crippen LogP contribution in [0, 0.1) is 19.8 Å². The molecule has 0 saturated heterocycles. The molecule has 0 aliphatic carbocycles. The molecule has 1 aliphatic rings. The van der Waals surface area contributed by atoms with E-state index in [4.69, 9.17) is 0 Å². The molecule has 0 amide bonds. The van der Waals surface area contributed by atoms with Gasteiger partial charge in [-0.2, -0.15) is 0 Å². The van der Waals surface area contributed by atoms with E-state index in [0.717, 1.165) is 10.5 Å². The average molecular weight is 251 g/mol. The predicted molar refractivity (Wildman–Crippen MR) is 72.8 cm³/mol. The minimum atomic E-state index is -0.872. The van der Waals surface area contributed by atoms with Crippen molar-refractivity contribution in [2.24, 2.45) is 5.92 Å². The Bertz CT molecular complexity index is 470. The van der Waals surface area contributed by atoms with Crippen LogP contribution in [-0.2, 0) is 10.8 Å². The molecular formula is C14H21NOS. The van der Waals surface area contributed by atoms with Crippen molar-refractivity contribution in [1.29, 1.82) is 0 Å². The molecule has 0 radical (unpaired) electrons. The van der Waals surface area contributed by atoms with Gasteiger partial charge in [0.05, 0.1) is 10.8 Å². The van der Waals surface area contributed by atoms with Crippen molar-refractivity contribution in [3.05, 3.63) is 28.8 Å². The van der Waals surface area contributed by atoms with E-state index < -0.39 is 10.8 Å². The van der Waals surface area contributed by atoms with Crippen molar-refractivity contribution in [2.45, 2.75) is 43.9 Å². The van der Waals surface area contributed by atoms with Gasteiger partial charge < -0.3 is 5.32 Å². The van der Waals surface area contributed by atoms with E-state index in [1.54, 1.807) is 0 Å². The van der Waals surface area contributed by atoms with E-state index in [2.05, 4.69) is 45.1 Å². The van der Waals surface area contributed by atoms with Crippen LogP contribution in [0.5, 0.6) is 0 Å². The van der Waals surface area contributed by atoms with Crippen LogP contribution >= 0.6 is 0 Å². The highest BCUT2D eigenvalue weighted by molar-refractivity contribution is 7.85. The summed E-state index contributed by atoms with van der Waals surface area (Å²) in [6, 6.07) is 4.63. The zero-order valence-electron chi connectivity index (χ0n) is 11.2. The maximum Gasteiger partial charge on any atom is 0.0567 e. The Kier molecular flexibility index (Phi) is 3.41. The summed E-state index contributed by atoms with van der Waals surface area (Å²) in [5.41, 5.74) is 3.64. The summed E-state index contributed by atoms with van der Waals surface area (Å²) in [6.45, 7) is 8.45.